The van der Waals surface area contributed by atoms with E-state index in [2.05, 4.69) is 26.0 Å². The molecule has 2 aromatic heterocycles. The lowest BCUT2D eigenvalue weighted by atomic mass is 10.1. The van der Waals surface area contributed by atoms with Crippen molar-refractivity contribution in [3.63, 3.8) is 0 Å². The Kier molecular flexibility index (Phi) is 5.92. The van der Waals surface area contributed by atoms with Crippen LogP contribution >= 0.6 is 0 Å². The van der Waals surface area contributed by atoms with Crippen LogP contribution in [0.15, 0.2) is 70.5 Å². The number of amides is 2. The fourth-order valence-electron chi connectivity index (χ4n) is 2.21. The number of carbonyl (C=O) groups excluding carboxylic acids is 2. The molecule has 3 N–H and O–H groups in total. The van der Waals surface area contributed by atoms with Crippen molar-refractivity contribution in [1.82, 2.24) is 20.9 Å². The first kappa shape index (κ1) is 17.9. The van der Waals surface area contributed by atoms with Gasteiger partial charge in [-0.3, -0.25) is 14.7 Å². The number of hydrogen-bond donors (Lipinski definition) is 3. The molecule has 27 heavy (non-hydrogen) atoms. The Balaban J connectivity index is 1.47. The molecule has 136 valence electrons. The number of aromatic amines is 1. The highest BCUT2D eigenvalue weighted by atomic mass is 16.3. The minimum atomic E-state index is -0.448. The SMILES string of the molecule is O=C(C=Cc1ccco1)NCC(=O)NN=Cc1cn[nH]c1-c1ccccc1. The molecule has 1 aromatic carbocycles. The number of H-pyrrole nitrogens is 1. The third kappa shape index (κ3) is 5.27. The molecule has 2 heterocycles. The Morgan fingerprint density at radius 1 is 1.19 bits per heavy atom. The van der Waals surface area contributed by atoms with Crippen LogP contribution in [0.3, 0.4) is 0 Å². The number of hydrazone groups is 1. The number of rotatable bonds is 7. The van der Waals surface area contributed by atoms with Gasteiger partial charge < -0.3 is 9.73 Å². The molecule has 0 saturated carbocycles. The van der Waals surface area contributed by atoms with E-state index in [4.69, 9.17) is 4.42 Å². The molecule has 0 atom stereocenters. The van der Waals surface area contributed by atoms with Crippen molar-refractivity contribution in [2.24, 2.45) is 5.10 Å². The summed E-state index contributed by atoms with van der Waals surface area (Å²) in [5.41, 5.74) is 4.84. The maximum absolute atomic E-state index is 11.8. The highest BCUT2D eigenvalue weighted by molar-refractivity contribution is 5.94. The predicted molar refractivity (Wildman–Crippen MR) is 101 cm³/mol. The highest BCUT2D eigenvalue weighted by Crippen LogP contribution is 2.18. The van der Waals surface area contributed by atoms with Gasteiger partial charge in [0, 0.05) is 17.2 Å². The minimum Gasteiger partial charge on any atom is -0.465 e. The quantitative estimate of drug-likeness (QED) is 0.338. The predicted octanol–water partition coefficient (Wildman–Crippen LogP) is 1.95. The van der Waals surface area contributed by atoms with Gasteiger partial charge in [0.25, 0.3) is 5.91 Å². The van der Waals surface area contributed by atoms with E-state index in [9.17, 15) is 9.59 Å². The monoisotopic (exact) mass is 363 g/mol. The Morgan fingerprint density at radius 3 is 2.81 bits per heavy atom. The normalized spacial score (nSPS) is 11.1. The second kappa shape index (κ2) is 8.95. The van der Waals surface area contributed by atoms with E-state index in [0.29, 0.717) is 5.76 Å². The lowest BCUT2D eigenvalue weighted by molar-refractivity contribution is -0.123. The molecule has 0 fully saturated rings. The van der Waals surface area contributed by atoms with Gasteiger partial charge in [-0.25, -0.2) is 5.43 Å². The highest BCUT2D eigenvalue weighted by Gasteiger charge is 2.06. The molecule has 2 amide bonds. The van der Waals surface area contributed by atoms with Gasteiger partial charge in [-0.2, -0.15) is 10.2 Å². The number of benzene rings is 1. The van der Waals surface area contributed by atoms with Gasteiger partial charge in [-0.05, 0) is 18.2 Å². The van der Waals surface area contributed by atoms with Crippen molar-refractivity contribution < 1.29 is 14.0 Å². The van der Waals surface area contributed by atoms with Gasteiger partial charge >= 0.3 is 0 Å². The van der Waals surface area contributed by atoms with Gasteiger partial charge in [-0.15, -0.1) is 0 Å². The van der Waals surface area contributed by atoms with E-state index in [-0.39, 0.29) is 6.54 Å². The average molecular weight is 363 g/mol. The second-order valence-corrected chi connectivity index (χ2v) is 5.43. The summed E-state index contributed by atoms with van der Waals surface area (Å²) in [6.45, 7) is -0.199. The zero-order valence-electron chi connectivity index (χ0n) is 14.3. The van der Waals surface area contributed by atoms with E-state index in [1.807, 2.05) is 30.3 Å². The standard InChI is InChI=1S/C19H17N5O3/c25-17(9-8-16-7-4-10-27-16)20-13-18(26)23-21-11-15-12-22-24-19(15)14-5-2-1-3-6-14/h1-12H,13H2,(H,20,25)(H,22,24)(H,23,26). The number of nitrogens with one attached hydrogen (secondary N) is 3. The zero-order valence-corrected chi connectivity index (χ0v) is 14.3. The second-order valence-electron chi connectivity index (χ2n) is 5.43. The molecule has 0 aliphatic heterocycles. The topological polar surface area (TPSA) is 112 Å². The summed E-state index contributed by atoms with van der Waals surface area (Å²) in [7, 11) is 0. The van der Waals surface area contributed by atoms with Gasteiger partial charge in [-0.1, -0.05) is 30.3 Å². The molecule has 0 spiro atoms. The minimum absolute atomic E-state index is 0.199. The van der Waals surface area contributed by atoms with Crippen LogP contribution in [0, 0.1) is 0 Å². The van der Waals surface area contributed by atoms with E-state index >= 15 is 0 Å². The summed E-state index contributed by atoms with van der Waals surface area (Å²) < 4.78 is 5.07. The average Bonchev–Trinajstić information content (AvgIpc) is 3.37. The van der Waals surface area contributed by atoms with Crippen LogP contribution in [0.5, 0.6) is 0 Å². The molecule has 0 aliphatic rings. The molecule has 0 saturated heterocycles. The molecule has 0 aliphatic carbocycles. The lowest BCUT2D eigenvalue weighted by Crippen LogP contribution is -2.34. The molecule has 8 nitrogen and oxygen atoms in total. The third-order valence-electron chi connectivity index (χ3n) is 3.49. The van der Waals surface area contributed by atoms with Gasteiger partial charge in [0.05, 0.1) is 30.9 Å². The van der Waals surface area contributed by atoms with Crippen molar-refractivity contribution in [2.45, 2.75) is 0 Å². The van der Waals surface area contributed by atoms with Crippen LogP contribution < -0.4 is 10.7 Å². The first-order valence-electron chi connectivity index (χ1n) is 8.12. The number of carbonyl (C=O) groups is 2. The van der Waals surface area contributed by atoms with Gasteiger partial charge in [0.2, 0.25) is 5.91 Å². The fraction of sp³-hybridized carbons (Fsp3) is 0.0526. The van der Waals surface area contributed by atoms with Crippen LogP contribution in [0.1, 0.15) is 11.3 Å². The fourth-order valence-corrected chi connectivity index (χ4v) is 2.21. The summed E-state index contributed by atoms with van der Waals surface area (Å²) in [6.07, 6.45) is 7.40. The summed E-state index contributed by atoms with van der Waals surface area (Å²) in [6, 6.07) is 13.1. The first-order valence-corrected chi connectivity index (χ1v) is 8.12. The van der Waals surface area contributed by atoms with Gasteiger partial charge in [0.15, 0.2) is 0 Å². The van der Waals surface area contributed by atoms with E-state index in [1.54, 1.807) is 18.3 Å². The Labute approximate surface area is 155 Å². The molecule has 0 bridgehead atoms. The maximum Gasteiger partial charge on any atom is 0.259 e. The van der Waals surface area contributed by atoms with E-state index in [0.717, 1.165) is 16.8 Å². The summed E-state index contributed by atoms with van der Waals surface area (Å²) in [4.78, 5) is 23.4. The van der Waals surface area contributed by atoms with E-state index in [1.165, 1.54) is 24.6 Å². The van der Waals surface area contributed by atoms with Crippen molar-refractivity contribution >= 4 is 24.1 Å². The number of furan rings is 1. The first-order chi connectivity index (χ1) is 13.2. The molecule has 0 radical (unpaired) electrons. The Morgan fingerprint density at radius 2 is 2.04 bits per heavy atom. The van der Waals surface area contributed by atoms with Gasteiger partial charge in [0.1, 0.15) is 5.76 Å². The van der Waals surface area contributed by atoms with E-state index < -0.39 is 11.8 Å². The van der Waals surface area contributed by atoms with Crippen LogP contribution in [-0.4, -0.2) is 34.8 Å². The number of nitrogens with zero attached hydrogens (tertiary/aromatic N) is 2. The van der Waals surface area contributed by atoms with Crippen LogP contribution in [0.2, 0.25) is 0 Å². The maximum atomic E-state index is 11.8. The summed E-state index contributed by atoms with van der Waals surface area (Å²) >= 11 is 0. The van der Waals surface area contributed by atoms with Crippen molar-refractivity contribution in [3.05, 3.63) is 72.3 Å². The molecule has 3 rings (SSSR count). The van der Waals surface area contributed by atoms with Crippen molar-refractivity contribution in [1.29, 1.82) is 0 Å². The molecule has 3 aromatic rings. The van der Waals surface area contributed by atoms with Crippen LogP contribution in [0.25, 0.3) is 17.3 Å². The molecular formula is C19H17N5O3. The molecular weight excluding hydrogens is 346 g/mol. The van der Waals surface area contributed by atoms with Crippen molar-refractivity contribution in [3.8, 4) is 11.3 Å². The smallest absolute Gasteiger partial charge is 0.259 e. The Bertz CT molecular complexity index is 943. The molecule has 8 heteroatoms. The summed E-state index contributed by atoms with van der Waals surface area (Å²) in [5.74, 6) is -0.309. The molecule has 0 unspecified atom stereocenters. The zero-order chi connectivity index (χ0) is 18.9. The number of aromatic nitrogens is 2. The summed E-state index contributed by atoms with van der Waals surface area (Å²) in [5, 5.41) is 13.2. The van der Waals surface area contributed by atoms with Crippen molar-refractivity contribution in [2.75, 3.05) is 6.54 Å². The Hall–Kier alpha value is -3.94. The van der Waals surface area contributed by atoms with Crippen LogP contribution in [-0.2, 0) is 9.59 Å². The largest absolute Gasteiger partial charge is 0.465 e. The lowest BCUT2D eigenvalue weighted by Gasteiger charge is -2.01. The van der Waals surface area contributed by atoms with Crippen LogP contribution in [0.4, 0.5) is 0 Å². The number of hydrogen-bond acceptors (Lipinski definition) is 5. The third-order valence-corrected chi connectivity index (χ3v) is 3.49.